The van der Waals surface area contributed by atoms with Gasteiger partial charge >= 0.3 is 0 Å². The SMILES string of the molecule is CCC(C(=O)c1ccccc1)N1CCC(N(C)C)CC1. The van der Waals surface area contributed by atoms with E-state index in [1.54, 1.807) is 0 Å². The highest BCUT2D eigenvalue weighted by Crippen LogP contribution is 2.20. The van der Waals surface area contributed by atoms with Gasteiger partial charge in [0.1, 0.15) is 0 Å². The molecule has 110 valence electrons. The van der Waals surface area contributed by atoms with Crippen LogP contribution in [0.1, 0.15) is 36.5 Å². The summed E-state index contributed by atoms with van der Waals surface area (Å²) in [6.07, 6.45) is 3.21. The minimum absolute atomic E-state index is 0.0421. The van der Waals surface area contributed by atoms with Gasteiger partial charge in [-0.25, -0.2) is 0 Å². The average molecular weight is 274 g/mol. The maximum Gasteiger partial charge on any atom is 0.179 e. The first-order valence-electron chi connectivity index (χ1n) is 7.63. The lowest BCUT2D eigenvalue weighted by atomic mass is 9.96. The Bertz CT molecular complexity index is 422. The van der Waals surface area contributed by atoms with E-state index < -0.39 is 0 Å². The van der Waals surface area contributed by atoms with Crippen molar-refractivity contribution in [3.05, 3.63) is 35.9 Å². The standard InChI is InChI=1S/C17H26N2O/c1-4-16(17(20)14-8-6-5-7-9-14)19-12-10-15(11-13-19)18(2)3/h5-9,15-16H,4,10-13H2,1-3H3. The largest absolute Gasteiger partial charge is 0.306 e. The molecule has 1 aliphatic rings. The summed E-state index contributed by atoms with van der Waals surface area (Å²) in [7, 11) is 4.29. The molecule has 0 N–H and O–H groups in total. The van der Waals surface area contributed by atoms with Gasteiger partial charge in [-0.15, -0.1) is 0 Å². The third-order valence-corrected chi connectivity index (χ3v) is 4.42. The van der Waals surface area contributed by atoms with Crippen molar-refractivity contribution >= 4 is 5.78 Å². The number of likely N-dealkylation sites (tertiary alicyclic amines) is 1. The van der Waals surface area contributed by atoms with E-state index in [9.17, 15) is 4.79 Å². The van der Waals surface area contributed by atoms with Crippen molar-refractivity contribution in [2.45, 2.75) is 38.3 Å². The van der Waals surface area contributed by atoms with Crippen molar-refractivity contribution in [1.82, 2.24) is 9.80 Å². The van der Waals surface area contributed by atoms with Gasteiger partial charge in [-0.1, -0.05) is 37.3 Å². The molecule has 1 aromatic carbocycles. The van der Waals surface area contributed by atoms with Gasteiger partial charge in [-0.2, -0.15) is 0 Å². The lowest BCUT2D eigenvalue weighted by Gasteiger charge is -2.38. The molecule has 0 radical (unpaired) electrons. The predicted octanol–water partition coefficient (Wildman–Crippen LogP) is 2.67. The molecule has 1 aliphatic heterocycles. The number of hydrogen-bond donors (Lipinski definition) is 0. The second kappa shape index (κ2) is 7.00. The first-order chi connectivity index (χ1) is 9.63. The first kappa shape index (κ1) is 15.2. The van der Waals surface area contributed by atoms with Crippen molar-refractivity contribution in [2.75, 3.05) is 27.2 Å². The molecular weight excluding hydrogens is 248 g/mol. The van der Waals surface area contributed by atoms with Crippen molar-refractivity contribution in [1.29, 1.82) is 0 Å². The molecule has 1 heterocycles. The highest BCUT2D eigenvalue weighted by Gasteiger charge is 2.29. The van der Waals surface area contributed by atoms with Crippen LogP contribution in [0.4, 0.5) is 0 Å². The molecule has 20 heavy (non-hydrogen) atoms. The van der Waals surface area contributed by atoms with Gasteiger partial charge in [0, 0.05) is 24.7 Å². The van der Waals surface area contributed by atoms with Gasteiger partial charge < -0.3 is 4.90 Å². The summed E-state index contributed by atoms with van der Waals surface area (Å²) in [5, 5.41) is 0. The zero-order valence-corrected chi connectivity index (χ0v) is 12.9. The summed E-state index contributed by atoms with van der Waals surface area (Å²) in [6, 6.07) is 10.4. The van der Waals surface area contributed by atoms with Crippen LogP contribution in [0.3, 0.4) is 0 Å². The van der Waals surface area contributed by atoms with Crippen LogP contribution in [0.5, 0.6) is 0 Å². The molecule has 1 atom stereocenters. The minimum Gasteiger partial charge on any atom is -0.306 e. The number of carbonyl (C=O) groups excluding carboxylic acids is 1. The monoisotopic (exact) mass is 274 g/mol. The second-order valence-corrected chi connectivity index (χ2v) is 5.89. The molecule has 0 aliphatic carbocycles. The Morgan fingerprint density at radius 1 is 1.25 bits per heavy atom. The highest BCUT2D eigenvalue weighted by molar-refractivity contribution is 6.00. The number of piperidine rings is 1. The number of rotatable bonds is 5. The number of benzene rings is 1. The Morgan fingerprint density at radius 3 is 2.35 bits per heavy atom. The molecule has 0 spiro atoms. The molecule has 2 rings (SSSR count). The average Bonchev–Trinajstić information content (AvgIpc) is 2.49. The van der Waals surface area contributed by atoms with E-state index in [4.69, 9.17) is 0 Å². The normalized spacial score (nSPS) is 19.2. The molecule has 3 heteroatoms. The van der Waals surface area contributed by atoms with E-state index >= 15 is 0 Å². The minimum atomic E-state index is 0.0421. The number of Topliss-reactive ketones (excluding diaryl/α,β-unsaturated/α-hetero) is 1. The molecule has 1 aromatic rings. The van der Waals surface area contributed by atoms with Crippen LogP contribution in [-0.4, -0.2) is 54.9 Å². The molecule has 0 saturated carbocycles. The second-order valence-electron chi connectivity index (χ2n) is 5.89. The summed E-state index contributed by atoms with van der Waals surface area (Å²) in [5.74, 6) is 0.274. The van der Waals surface area contributed by atoms with E-state index in [0.717, 1.165) is 37.9 Å². The van der Waals surface area contributed by atoms with E-state index in [1.165, 1.54) is 0 Å². The van der Waals surface area contributed by atoms with Gasteiger partial charge in [0.05, 0.1) is 6.04 Å². The van der Waals surface area contributed by atoms with E-state index in [-0.39, 0.29) is 11.8 Å². The molecule has 0 aromatic heterocycles. The maximum atomic E-state index is 12.6. The number of carbonyl (C=O) groups is 1. The Morgan fingerprint density at radius 2 is 1.85 bits per heavy atom. The van der Waals surface area contributed by atoms with Crippen LogP contribution in [-0.2, 0) is 0 Å². The summed E-state index contributed by atoms with van der Waals surface area (Å²) in [5.41, 5.74) is 0.842. The Labute approximate surface area is 122 Å². The quantitative estimate of drug-likeness (QED) is 0.771. The van der Waals surface area contributed by atoms with Crippen molar-refractivity contribution in [3.63, 3.8) is 0 Å². The van der Waals surface area contributed by atoms with Crippen LogP contribution in [0.2, 0.25) is 0 Å². The van der Waals surface area contributed by atoms with E-state index in [2.05, 4.69) is 30.8 Å². The topological polar surface area (TPSA) is 23.6 Å². The van der Waals surface area contributed by atoms with Crippen molar-refractivity contribution in [2.24, 2.45) is 0 Å². The van der Waals surface area contributed by atoms with Gasteiger partial charge in [-0.3, -0.25) is 9.69 Å². The molecule has 0 amide bonds. The highest BCUT2D eigenvalue weighted by atomic mass is 16.1. The summed E-state index contributed by atoms with van der Waals surface area (Å²) >= 11 is 0. The van der Waals surface area contributed by atoms with Crippen molar-refractivity contribution < 1.29 is 4.79 Å². The fourth-order valence-electron chi connectivity index (χ4n) is 3.12. The van der Waals surface area contributed by atoms with Gasteiger partial charge in [0.2, 0.25) is 0 Å². The van der Waals surface area contributed by atoms with Gasteiger partial charge in [0.15, 0.2) is 5.78 Å². The van der Waals surface area contributed by atoms with E-state index in [1.807, 2.05) is 30.3 Å². The Balaban J connectivity index is 2.01. The zero-order chi connectivity index (χ0) is 14.5. The predicted molar refractivity (Wildman–Crippen MR) is 83.1 cm³/mol. The summed E-state index contributed by atoms with van der Waals surface area (Å²) < 4.78 is 0. The van der Waals surface area contributed by atoms with Crippen molar-refractivity contribution in [3.8, 4) is 0 Å². The van der Waals surface area contributed by atoms with Crippen LogP contribution in [0.25, 0.3) is 0 Å². The maximum absolute atomic E-state index is 12.6. The third-order valence-electron chi connectivity index (χ3n) is 4.42. The fraction of sp³-hybridized carbons (Fsp3) is 0.588. The lowest BCUT2D eigenvalue weighted by molar-refractivity contribution is 0.0696. The number of hydrogen-bond acceptors (Lipinski definition) is 3. The fourth-order valence-corrected chi connectivity index (χ4v) is 3.12. The van der Waals surface area contributed by atoms with Crippen LogP contribution in [0.15, 0.2) is 30.3 Å². The lowest BCUT2D eigenvalue weighted by Crippen LogP contribution is -2.48. The van der Waals surface area contributed by atoms with Crippen LogP contribution in [0, 0.1) is 0 Å². The first-order valence-corrected chi connectivity index (χ1v) is 7.63. The molecule has 1 saturated heterocycles. The third kappa shape index (κ3) is 3.47. The zero-order valence-electron chi connectivity index (χ0n) is 12.9. The summed E-state index contributed by atoms with van der Waals surface area (Å²) in [6.45, 7) is 4.17. The van der Waals surface area contributed by atoms with Crippen LogP contribution < -0.4 is 0 Å². The summed E-state index contributed by atoms with van der Waals surface area (Å²) in [4.78, 5) is 17.3. The molecule has 1 fully saturated rings. The van der Waals surface area contributed by atoms with Gasteiger partial charge in [-0.05, 0) is 33.4 Å². The molecule has 1 unspecified atom stereocenters. The van der Waals surface area contributed by atoms with Crippen LogP contribution >= 0.6 is 0 Å². The smallest absolute Gasteiger partial charge is 0.179 e. The van der Waals surface area contributed by atoms with Gasteiger partial charge in [0.25, 0.3) is 0 Å². The van der Waals surface area contributed by atoms with E-state index in [0.29, 0.717) is 6.04 Å². The Hall–Kier alpha value is -1.19. The molecule has 3 nitrogen and oxygen atoms in total. The number of nitrogens with zero attached hydrogens (tertiary/aromatic N) is 2. The number of ketones is 1. The Kier molecular flexibility index (Phi) is 5.32. The molecular formula is C17H26N2O. The molecule has 0 bridgehead atoms.